The molecule has 138 valence electrons. The molecular formula is C18H27FIN5. The maximum absolute atomic E-state index is 13.1. The Morgan fingerprint density at radius 1 is 1.28 bits per heavy atom. The third-order valence-electron chi connectivity index (χ3n) is 3.76. The van der Waals surface area contributed by atoms with E-state index in [1.54, 1.807) is 10.7 Å². The summed E-state index contributed by atoms with van der Waals surface area (Å²) in [5.74, 6) is 0.617. The summed E-state index contributed by atoms with van der Waals surface area (Å²) in [5.41, 5.74) is 3.30. The Morgan fingerprint density at radius 2 is 2.08 bits per heavy atom. The Labute approximate surface area is 166 Å². The van der Waals surface area contributed by atoms with Gasteiger partial charge in [0.1, 0.15) is 5.82 Å². The van der Waals surface area contributed by atoms with Crippen molar-refractivity contribution < 1.29 is 4.39 Å². The quantitative estimate of drug-likeness (QED) is 0.381. The van der Waals surface area contributed by atoms with Gasteiger partial charge in [0.15, 0.2) is 5.96 Å². The molecule has 7 heteroatoms. The number of guanidine groups is 1. The molecule has 0 aliphatic heterocycles. The van der Waals surface area contributed by atoms with Crippen LogP contribution in [0, 0.1) is 12.7 Å². The van der Waals surface area contributed by atoms with E-state index in [0.717, 1.165) is 43.0 Å². The van der Waals surface area contributed by atoms with Crippen LogP contribution in [0.25, 0.3) is 0 Å². The van der Waals surface area contributed by atoms with E-state index in [4.69, 9.17) is 0 Å². The zero-order chi connectivity index (χ0) is 17.4. The summed E-state index contributed by atoms with van der Waals surface area (Å²) in [6.07, 6.45) is 5.59. The molecule has 1 aromatic carbocycles. The van der Waals surface area contributed by atoms with Crippen molar-refractivity contribution in [1.29, 1.82) is 0 Å². The summed E-state index contributed by atoms with van der Waals surface area (Å²) < 4.78 is 14.9. The molecule has 25 heavy (non-hydrogen) atoms. The lowest BCUT2D eigenvalue weighted by molar-refractivity contribution is 0.625. The van der Waals surface area contributed by atoms with Gasteiger partial charge in [-0.25, -0.2) is 4.39 Å². The van der Waals surface area contributed by atoms with Gasteiger partial charge in [-0.3, -0.25) is 9.67 Å². The summed E-state index contributed by atoms with van der Waals surface area (Å²) in [6, 6.07) is 4.91. The average molecular weight is 459 g/mol. The van der Waals surface area contributed by atoms with Gasteiger partial charge in [-0.15, -0.1) is 24.0 Å². The van der Waals surface area contributed by atoms with Gasteiger partial charge < -0.3 is 10.6 Å². The molecule has 0 saturated heterocycles. The Bertz CT molecular complexity index is 684. The van der Waals surface area contributed by atoms with Crippen molar-refractivity contribution >= 4 is 29.9 Å². The fourth-order valence-corrected chi connectivity index (χ4v) is 2.50. The van der Waals surface area contributed by atoms with Crippen molar-refractivity contribution in [3.63, 3.8) is 0 Å². The van der Waals surface area contributed by atoms with E-state index < -0.39 is 0 Å². The maximum Gasteiger partial charge on any atom is 0.191 e. The highest BCUT2D eigenvalue weighted by Gasteiger charge is 2.02. The van der Waals surface area contributed by atoms with E-state index in [2.05, 4.69) is 20.7 Å². The summed E-state index contributed by atoms with van der Waals surface area (Å²) >= 11 is 0. The number of halogens is 2. The highest BCUT2D eigenvalue weighted by Crippen LogP contribution is 2.10. The Morgan fingerprint density at radius 3 is 2.72 bits per heavy atom. The second-order valence-corrected chi connectivity index (χ2v) is 5.78. The molecule has 0 unspecified atom stereocenters. The summed E-state index contributed by atoms with van der Waals surface area (Å²) in [7, 11) is 1.92. The predicted molar refractivity (Wildman–Crippen MR) is 111 cm³/mol. The van der Waals surface area contributed by atoms with E-state index in [-0.39, 0.29) is 29.8 Å². The number of hydrogen-bond acceptors (Lipinski definition) is 2. The first kappa shape index (κ1) is 21.4. The SMILES string of the molecule is CCNC(=NCCc1ccc(F)cc1C)NCCc1cnn(C)c1.I. The molecule has 0 fully saturated rings. The van der Waals surface area contributed by atoms with Gasteiger partial charge >= 0.3 is 0 Å². The van der Waals surface area contributed by atoms with E-state index in [0.29, 0.717) is 6.54 Å². The second-order valence-electron chi connectivity index (χ2n) is 5.78. The molecule has 1 heterocycles. The smallest absolute Gasteiger partial charge is 0.191 e. The predicted octanol–water partition coefficient (Wildman–Crippen LogP) is 2.83. The summed E-state index contributed by atoms with van der Waals surface area (Å²) in [6.45, 7) is 6.25. The zero-order valence-corrected chi connectivity index (χ0v) is 17.4. The molecule has 0 aliphatic rings. The highest BCUT2D eigenvalue weighted by molar-refractivity contribution is 14.0. The lowest BCUT2D eigenvalue weighted by atomic mass is 10.1. The zero-order valence-electron chi connectivity index (χ0n) is 15.1. The van der Waals surface area contributed by atoms with Crippen LogP contribution >= 0.6 is 24.0 Å². The normalized spacial score (nSPS) is 11.1. The lowest BCUT2D eigenvalue weighted by Gasteiger charge is -2.11. The van der Waals surface area contributed by atoms with Crippen molar-refractivity contribution in [3.8, 4) is 0 Å². The van der Waals surface area contributed by atoms with Crippen molar-refractivity contribution in [2.24, 2.45) is 12.0 Å². The molecule has 2 rings (SSSR count). The van der Waals surface area contributed by atoms with Gasteiger partial charge in [0.25, 0.3) is 0 Å². The molecule has 2 aromatic rings. The minimum atomic E-state index is -0.190. The standard InChI is InChI=1S/C18H26FN5.HI/c1-4-20-18(21-9-7-15-12-23-24(3)13-15)22-10-8-16-5-6-17(19)11-14(16)2;/h5-6,11-13H,4,7-10H2,1-3H3,(H2,20,21,22);1H. The molecule has 5 nitrogen and oxygen atoms in total. The molecule has 0 spiro atoms. The molecule has 0 aliphatic carbocycles. The number of rotatable bonds is 7. The number of nitrogens with one attached hydrogen (secondary N) is 2. The number of benzene rings is 1. The number of aromatic nitrogens is 2. The third kappa shape index (κ3) is 7.41. The largest absolute Gasteiger partial charge is 0.357 e. The van der Waals surface area contributed by atoms with Crippen LogP contribution in [0.3, 0.4) is 0 Å². The van der Waals surface area contributed by atoms with Crippen LogP contribution in [0.4, 0.5) is 4.39 Å². The molecule has 0 amide bonds. The van der Waals surface area contributed by atoms with Crippen LogP contribution in [-0.4, -0.2) is 35.4 Å². The Hall–Kier alpha value is -1.64. The van der Waals surface area contributed by atoms with Crippen LogP contribution in [0.5, 0.6) is 0 Å². The Balaban J connectivity index is 0.00000312. The van der Waals surface area contributed by atoms with Crippen LogP contribution in [0.2, 0.25) is 0 Å². The van der Waals surface area contributed by atoms with Gasteiger partial charge in [0.2, 0.25) is 0 Å². The fraction of sp³-hybridized carbons (Fsp3) is 0.444. The Kier molecular flexibility index (Phi) is 9.48. The number of hydrogen-bond donors (Lipinski definition) is 2. The first-order valence-electron chi connectivity index (χ1n) is 8.33. The topological polar surface area (TPSA) is 54.2 Å². The van der Waals surface area contributed by atoms with Crippen LogP contribution in [0.1, 0.15) is 23.6 Å². The first-order chi connectivity index (χ1) is 11.6. The lowest BCUT2D eigenvalue weighted by Crippen LogP contribution is -2.38. The monoisotopic (exact) mass is 459 g/mol. The van der Waals surface area contributed by atoms with Crippen LogP contribution in [0.15, 0.2) is 35.6 Å². The molecule has 0 saturated carbocycles. The number of nitrogens with zero attached hydrogens (tertiary/aromatic N) is 3. The molecule has 0 atom stereocenters. The van der Waals surface area contributed by atoms with E-state index in [1.807, 2.05) is 39.4 Å². The second kappa shape index (κ2) is 11.1. The van der Waals surface area contributed by atoms with Gasteiger partial charge in [-0.2, -0.15) is 5.10 Å². The van der Waals surface area contributed by atoms with Gasteiger partial charge in [0, 0.05) is 32.9 Å². The van der Waals surface area contributed by atoms with Crippen molar-refractivity contribution in [2.75, 3.05) is 19.6 Å². The van der Waals surface area contributed by atoms with E-state index >= 15 is 0 Å². The van der Waals surface area contributed by atoms with Crippen LogP contribution < -0.4 is 10.6 Å². The van der Waals surface area contributed by atoms with Crippen molar-refractivity contribution in [3.05, 3.63) is 53.1 Å². The van der Waals surface area contributed by atoms with E-state index in [9.17, 15) is 4.39 Å². The molecule has 2 N–H and O–H groups in total. The van der Waals surface area contributed by atoms with Gasteiger partial charge in [-0.05, 0) is 55.5 Å². The molecule has 1 aromatic heterocycles. The maximum atomic E-state index is 13.1. The fourth-order valence-electron chi connectivity index (χ4n) is 2.50. The van der Waals surface area contributed by atoms with Crippen molar-refractivity contribution in [1.82, 2.24) is 20.4 Å². The summed E-state index contributed by atoms with van der Waals surface area (Å²) in [5, 5.41) is 10.7. The average Bonchev–Trinajstić information content (AvgIpc) is 2.95. The molecular weight excluding hydrogens is 432 g/mol. The van der Waals surface area contributed by atoms with E-state index in [1.165, 1.54) is 11.6 Å². The summed E-state index contributed by atoms with van der Waals surface area (Å²) in [4.78, 5) is 4.59. The highest BCUT2D eigenvalue weighted by atomic mass is 127. The number of aliphatic imine (C=N–C) groups is 1. The molecule has 0 radical (unpaired) electrons. The van der Waals surface area contributed by atoms with Crippen LogP contribution in [-0.2, 0) is 19.9 Å². The minimum Gasteiger partial charge on any atom is -0.357 e. The van der Waals surface area contributed by atoms with Gasteiger partial charge in [-0.1, -0.05) is 6.07 Å². The van der Waals surface area contributed by atoms with Crippen molar-refractivity contribution in [2.45, 2.75) is 26.7 Å². The van der Waals surface area contributed by atoms with Gasteiger partial charge in [0.05, 0.1) is 6.20 Å². The minimum absolute atomic E-state index is 0. The first-order valence-corrected chi connectivity index (χ1v) is 8.33. The number of aryl methyl sites for hydroxylation is 2. The third-order valence-corrected chi connectivity index (χ3v) is 3.76. The molecule has 0 bridgehead atoms.